The maximum Gasteiger partial charge on any atom is 0.265 e. The van der Waals surface area contributed by atoms with Crippen molar-refractivity contribution < 1.29 is 9.53 Å². The second kappa shape index (κ2) is 6.93. The van der Waals surface area contributed by atoms with Crippen LogP contribution < -0.4 is 10.1 Å². The smallest absolute Gasteiger partial charge is 0.265 e. The third kappa shape index (κ3) is 3.69. The van der Waals surface area contributed by atoms with Gasteiger partial charge in [0.1, 0.15) is 5.75 Å². The van der Waals surface area contributed by atoms with Gasteiger partial charge in [0.2, 0.25) is 0 Å². The molecule has 3 rings (SSSR count). The van der Waals surface area contributed by atoms with E-state index in [-0.39, 0.29) is 5.91 Å². The number of hydrogen-bond donors (Lipinski definition) is 1. The van der Waals surface area contributed by atoms with Crippen LogP contribution >= 0.6 is 11.6 Å². The summed E-state index contributed by atoms with van der Waals surface area (Å²) in [4.78, 5) is 12.4. The van der Waals surface area contributed by atoms with Gasteiger partial charge < -0.3 is 10.1 Å². The number of fused-ring (bicyclic) bond motifs is 1. The molecule has 1 amide bonds. The van der Waals surface area contributed by atoms with E-state index >= 15 is 0 Å². The summed E-state index contributed by atoms with van der Waals surface area (Å²) in [5.74, 6) is 0.459. The molecule has 24 heavy (non-hydrogen) atoms. The number of benzene rings is 3. The van der Waals surface area contributed by atoms with Gasteiger partial charge in [-0.05, 0) is 60.5 Å². The van der Waals surface area contributed by atoms with Crippen molar-refractivity contribution in [1.82, 2.24) is 0 Å². The Labute approximate surface area is 146 Å². The van der Waals surface area contributed by atoms with Gasteiger partial charge in [0.15, 0.2) is 6.10 Å². The molecule has 4 heteroatoms. The number of aryl methyl sites for hydroxylation is 1. The molecule has 0 aliphatic carbocycles. The summed E-state index contributed by atoms with van der Waals surface area (Å²) >= 11 is 5.94. The first-order valence-electron chi connectivity index (χ1n) is 7.75. The summed E-state index contributed by atoms with van der Waals surface area (Å²) in [7, 11) is 0. The van der Waals surface area contributed by atoms with E-state index in [0.29, 0.717) is 10.8 Å². The van der Waals surface area contributed by atoms with Crippen molar-refractivity contribution in [3.05, 3.63) is 71.2 Å². The first-order chi connectivity index (χ1) is 11.5. The van der Waals surface area contributed by atoms with Crippen molar-refractivity contribution in [2.24, 2.45) is 0 Å². The van der Waals surface area contributed by atoms with Crippen LogP contribution in [0.25, 0.3) is 10.8 Å². The minimum absolute atomic E-state index is 0.195. The third-order valence-electron chi connectivity index (χ3n) is 3.83. The predicted molar refractivity (Wildman–Crippen MR) is 98.9 cm³/mol. The van der Waals surface area contributed by atoms with Crippen LogP contribution in [0.1, 0.15) is 12.5 Å². The monoisotopic (exact) mass is 339 g/mol. The largest absolute Gasteiger partial charge is 0.481 e. The Hall–Kier alpha value is -2.52. The van der Waals surface area contributed by atoms with E-state index in [4.69, 9.17) is 16.3 Å². The van der Waals surface area contributed by atoms with Crippen LogP contribution in [0.15, 0.2) is 60.7 Å². The number of rotatable bonds is 4. The molecule has 0 fully saturated rings. The van der Waals surface area contributed by atoms with Gasteiger partial charge in [0.05, 0.1) is 0 Å². The molecule has 3 aromatic carbocycles. The maximum absolute atomic E-state index is 12.4. The van der Waals surface area contributed by atoms with Gasteiger partial charge in [-0.1, -0.05) is 41.9 Å². The minimum atomic E-state index is -0.614. The lowest BCUT2D eigenvalue weighted by molar-refractivity contribution is -0.122. The fraction of sp³-hybridized carbons (Fsp3) is 0.150. The molecule has 0 saturated carbocycles. The summed E-state index contributed by atoms with van der Waals surface area (Å²) < 4.78 is 5.75. The highest BCUT2D eigenvalue weighted by Crippen LogP contribution is 2.23. The number of ether oxygens (including phenoxy) is 1. The first-order valence-corrected chi connectivity index (χ1v) is 8.13. The second-order valence-corrected chi connectivity index (χ2v) is 6.16. The summed E-state index contributed by atoms with van der Waals surface area (Å²) in [5.41, 5.74) is 1.65. The van der Waals surface area contributed by atoms with Crippen LogP contribution in [0.3, 0.4) is 0 Å². The van der Waals surface area contributed by atoms with Crippen LogP contribution in [0.5, 0.6) is 5.75 Å². The lowest BCUT2D eigenvalue weighted by atomic mass is 10.1. The van der Waals surface area contributed by atoms with Gasteiger partial charge >= 0.3 is 0 Å². The van der Waals surface area contributed by atoms with E-state index in [9.17, 15) is 4.79 Å². The van der Waals surface area contributed by atoms with Crippen LogP contribution in [0.4, 0.5) is 5.69 Å². The molecule has 0 aliphatic rings. The number of halogens is 1. The molecule has 0 aromatic heterocycles. The number of nitrogens with one attached hydrogen (secondary N) is 1. The van der Waals surface area contributed by atoms with Crippen molar-refractivity contribution in [3.63, 3.8) is 0 Å². The van der Waals surface area contributed by atoms with Gasteiger partial charge in [-0.3, -0.25) is 4.79 Å². The Morgan fingerprint density at radius 1 is 1.04 bits per heavy atom. The molecule has 0 spiro atoms. The summed E-state index contributed by atoms with van der Waals surface area (Å²) in [6, 6.07) is 19.2. The first kappa shape index (κ1) is 16.3. The molecule has 0 heterocycles. The molecule has 0 aliphatic heterocycles. The van der Waals surface area contributed by atoms with E-state index in [2.05, 4.69) is 5.32 Å². The predicted octanol–water partition coefficient (Wildman–Crippen LogP) is 5.21. The summed E-state index contributed by atoms with van der Waals surface area (Å²) in [5, 5.41) is 5.76. The van der Waals surface area contributed by atoms with Crippen molar-refractivity contribution in [2.75, 3.05) is 5.32 Å². The fourth-order valence-corrected chi connectivity index (χ4v) is 2.73. The minimum Gasteiger partial charge on any atom is -0.481 e. The molecule has 122 valence electrons. The Bertz CT molecular complexity index is 892. The van der Waals surface area contributed by atoms with Gasteiger partial charge in [-0.15, -0.1) is 0 Å². The molecule has 3 aromatic rings. The quantitative estimate of drug-likeness (QED) is 0.708. The zero-order chi connectivity index (χ0) is 17.1. The normalized spacial score (nSPS) is 12.0. The van der Waals surface area contributed by atoms with E-state index in [0.717, 1.165) is 22.0 Å². The lowest BCUT2D eigenvalue weighted by Crippen LogP contribution is -2.30. The standard InChI is InChI=1S/C20H18ClNO2/c1-13-11-17(21)8-10-19(13)24-14(2)20(23)22-18-9-7-15-5-3-4-6-16(15)12-18/h3-12,14H,1-2H3,(H,22,23)/t14-/m0/s1. The summed E-state index contributed by atoms with van der Waals surface area (Å²) in [6.45, 7) is 3.62. The highest BCUT2D eigenvalue weighted by molar-refractivity contribution is 6.30. The van der Waals surface area contributed by atoms with Crippen molar-refractivity contribution in [1.29, 1.82) is 0 Å². The van der Waals surface area contributed by atoms with E-state index < -0.39 is 6.10 Å². The Balaban J connectivity index is 1.70. The molecule has 1 N–H and O–H groups in total. The van der Waals surface area contributed by atoms with Crippen molar-refractivity contribution >= 4 is 34.0 Å². The third-order valence-corrected chi connectivity index (χ3v) is 4.06. The summed E-state index contributed by atoms with van der Waals surface area (Å²) in [6.07, 6.45) is -0.614. The van der Waals surface area contributed by atoms with Crippen molar-refractivity contribution in [2.45, 2.75) is 20.0 Å². The zero-order valence-electron chi connectivity index (χ0n) is 13.5. The fourth-order valence-electron chi connectivity index (χ4n) is 2.50. The van der Waals surface area contributed by atoms with Crippen LogP contribution in [0, 0.1) is 6.92 Å². The van der Waals surface area contributed by atoms with Gasteiger partial charge in [0.25, 0.3) is 5.91 Å². The van der Waals surface area contributed by atoms with Crippen molar-refractivity contribution in [3.8, 4) is 5.75 Å². The molecular weight excluding hydrogens is 322 g/mol. The number of carbonyl (C=O) groups excluding carboxylic acids is 1. The second-order valence-electron chi connectivity index (χ2n) is 5.72. The van der Waals surface area contributed by atoms with Crippen LogP contribution in [-0.2, 0) is 4.79 Å². The molecular formula is C20H18ClNO2. The van der Waals surface area contributed by atoms with Gasteiger partial charge in [0, 0.05) is 10.7 Å². The van der Waals surface area contributed by atoms with E-state index in [1.807, 2.05) is 55.5 Å². The highest BCUT2D eigenvalue weighted by atomic mass is 35.5. The number of amides is 1. The molecule has 0 unspecified atom stereocenters. The number of anilines is 1. The van der Waals surface area contributed by atoms with Gasteiger partial charge in [-0.2, -0.15) is 0 Å². The zero-order valence-corrected chi connectivity index (χ0v) is 14.3. The van der Waals surface area contributed by atoms with Gasteiger partial charge in [-0.25, -0.2) is 0 Å². The molecule has 3 nitrogen and oxygen atoms in total. The highest BCUT2D eigenvalue weighted by Gasteiger charge is 2.16. The SMILES string of the molecule is Cc1cc(Cl)ccc1O[C@@H](C)C(=O)Nc1ccc2ccccc2c1. The Kier molecular flexibility index (Phi) is 4.72. The Morgan fingerprint density at radius 2 is 1.79 bits per heavy atom. The topological polar surface area (TPSA) is 38.3 Å². The average molecular weight is 340 g/mol. The molecule has 0 radical (unpaired) electrons. The van der Waals surface area contributed by atoms with Crippen LogP contribution in [0.2, 0.25) is 5.02 Å². The van der Waals surface area contributed by atoms with E-state index in [1.54, 1.807) is 19.1 Å². The average Bonchev–Trinajstić information content (AvgIpc) is 2.57. The molecule has 1 atom stereocenters. The van der Waals surface area contributed by atoms with Crippen LogP contribution in [-0.4, -0.2) is 12.0 Å². The number of hydrogen-bond acceptors (Lipinski definition) is 2. The molecule has 0 saturated heterocycles. The lowest BCUT2D eigenvalue weighted by Gasteiger charge is -2.16. The maximum atomic E-state index is 12.4. The molecule has 0 bridgehead atoms. The Morgan fingerprint density at radius 3 is 2.54 bits per heavy atom. The number of carbonyl (C=O) groups is 1. The van der Waals surface area contributed by atoms with E-state index in [1.165, 1.54) is 0 Å².